The molecule has 1 aromatic heterocycles. The molecule has 0 atom stereocenters. The summed E-state index contributed by atoms with van der Waals surface area (Å²) >= 11 is 0. The van der Waals surface area contributed by atoms with Gasteiger partial charge in [-0.25, -0.2) is 9.78 Å². The molecule has 0 spiro atoms. The lowest BCUT2D eigenvalue weighted by molar-refractivity contribution is -0.130. The molecular weight excluding hydrogens is 270 g/mol. The van der Waals surface area contributed by atoms with E-state index in [1.807, 2.05) is 15.5 Å². The van der Waals surface area contributed by atoms with E-state index in [4.69, 9.17) is 5.11 Å². The van der Waals surface area contributed by atoms with Crippen LogP contribution in [0.25, 0.3) is 11.0 Å². The number of imidazole rings is 1. The van der Waals surface area contributed by atoms with E-state index in [1.165, 1.54) is 6.07 Å². The highest BCUT2D eigenvalue weighted by atomic mass is 16.4. The molecule has 3 rings (SSSR count). The van der Waals surface area contributed by atoms with Crippen molar-refractivity contribution in [3.63, 3.8) is 0 Å². The van der Waals surface area contributed by atoms with Gasteiger partial charge < -0.3 is 14.6 Å². The highest BCUT2D eigenvalue weighted by molar-refractivity contribution is 6.00. The molecule has 0 unspecified atom stereocenters. The van der Waals surface area contributed by atoms with Crippen LogP contribution in [0.2, 0.25) is 0 Å². The molecule has 1 fully saturated rings. The quantitative estimate of drug-likeness (QED) is 0.929. The summed E-state index contributed by atoms with van der Waals surface area (Å²) in [5.41, 5.74) is 1.42. The van der Waals surface area contributed by atoms with E-state index in [0.29, 0.717) is 18.5 Å². The van der Waals surface area contributed by atoms with Crippen molar-refractivity contribution in [3.8, 4) is 0 Å². The maximum Gasteiger partial charge on any atom is 0.337 e. The Morgan fingerprint density at radius 2 is 2.00 bits per heavy atom. The number of nitrogens with zero attached hydrogens (tertiary/aromatic N) is 3. The predicted molar refractivity (Wildman–Crippen MR) is 77.1 cm³/mol. The summed E-state index contributed by atoms with van der Waals surface area (Å²) in [6.45, 7) is 2.23. The Hall–Kier alpha value is -2.37. The molecule has 0 radical (unpaired) electrons. The minimum absolute atomic E-state index is 0.156. The van der Waals surface area contributed by atoms with Crippen LogP contribution in [-0.4, -0.2) is 44.5 Å². The van der Waals surface area contributed by atoms with Crippen LogP contribution in [0.3, 0.4) is 0 Å². The van der Waals surface area contributed by atoms with Crippen LogP contribution in [-0.2, 0) is 11.3 Å². The van der Waals surface area contributed by atoms with Gasteiger partial charge in [0.1, 0.15) is 5.52 Å². The normalized spacial score (nSPS) is 14.8. The predicted octanol–water partition coefficient (Wildman–Crippen LogP) is 1.75. The van der Waals surface area contributed by atoms with Gasteiger partial charge in [-0.1, -0.05) is 6.07 Å². The molecule has 6 heteroatoms. The maximum atomic E-state index is 12.0. The van der Waals surface area contributed by atoms with Crippen molar-refractivity contribution in [1.82, 2.24) is 14.5 Å². The fourth-order valence-electron chi connectivity index (χ4n) is 2.78. The molecule has 0 bridgehead atoms. The number of carbonyl (C=O) groups is 2. The van der Waals surface area contributed by atoms with Crippen molar-refractivity contribution in [2.45, 2.75) is 25.8 Å². The fraction of sp³-hybridized carbons (Fsp3) is 0.400. The zero-order chi connectivity index (χ0) is 14.8. The molecule has 21 heavy (non-hydrogen) atoms. The number of rotatable bonds is 4. The van der Waals surface area contributed by atoms with Crippen LogP contribution in [0.4, 0.5) is 0 Å². The first-order valence-electron chi connectivity index (χ1n) is 7.12. The van der Waals surface area contributed by atoms with Gasteiger partial charge in [-0.3, -0.25) is 4.79 Å². The summed E-state index contributed by atoms with van der Waals surface area (Å²) < 4.78 is 1.84. The zero-order valence-corrected chi connectivity index (χ0v) is 11.7. The topological polar surface area (TPSA) is 75.4 Å². The first-order valence-corrected chi connectivity index (χ1v) is 7.12. The fourth-order valence-corrected chi connectivity index (χ4v) is 2.78. The Labute approximate surface area is 122 Å². The lowest BCUT2D eigenvalue weighted by Gasteiger charge is -2.15. The van der Waals surface area contributed by atoms with Crippen LogP contribution in [0, 0.1) is 0 Å². The molecule has 0 saturated carbocycles. The third kappa shape index (κ3) is 2.61. The minimum Gasteiger partial charge on any atom is -0.478 e. The molecule has 0 aliphatic carbocycles. The largest absolute Gasteiger partial charge is 0.478 e. The number of aryl methyl sites for hydroxylation is 1. The van der Waals surface area contributed by atoms with Gasteiger partial charge in [0.05, 0.1) is 17.4 Å². The maximum absolute atomic E-state index is 12.0. The second-order valence-electron chi connectivity index (χ2n) is 5.25. The summed E-state index contributed by atoms with van der Waals surface area (Å²) in [6.07, 6.45) is 4.20. The Morgan fingerprint density at radius 3 is 2.71 bits per heavy atom. The summed E-state index contributed by atoms with van der Waals surface area (Å²) in [4.78, 5) is 29.3. The van der Waals surface area contributed by atoms with E-state index < -0.39 is 5.97 Å². The number of aromatic carboxylic acids is 1. The SMILES string of the molecule is O=C(O)c1cccc2c1ncn2CCC(=O)N1CCCC1. The number of likely N-dealkylation sites (tertiary alicyclic amines) is 1. The number of amides is 1. The van der Waals surface area contributed by atoms with Crippen LogP contribution >= 0.6 is 0 Å². The van der Waals surface area contributed by atoms with E-state index in [9.17, 15) is 9.59 Å². The highest BCUT2D eigenvalue weighted by Crippen LogP contribution is 2.18. The lowest BCUT2D eigenvalue weighted by Crippen LogP contribution is -2.28. The van der Waals surface area contributed by atoms with Gasteiger partial charge in [0, 0.05) is 26.1 Å². The van der Waals surface area contributed by atoms with Gasteiger partial charge in [0.15, 0.2) is 0 Å². The van der Waals surface area contributed by atoms with Gasteiger partial charge in [-0.15, -0.1) is 0 Å². The molecular formula is C15H17N3O3. The second kappa shape index (κ2) is 5.55. The van der Waals surface area contributed by atoms with Crippen molar-refractivity contribution in [1.29, 1.82) is 0 Å². The Kier molecular flexibility index (Phi) is 3.60. The summed E-state index contributed by atoms with van der Waals surface area (Å²) in [5, 5.41) is 9.14. The van der Waals surface area contributed by atoms with Crippen LogP contribution in [0.5, 0.6) is 0 Å². The van der Waals surface area contributed by atoms with E-state index >= 15 is 0 Å². The van der Waals surface area contributed by atoms with Crippen molar-refractivity contribution in [2.75, 3.05) is 13.1 Å². The molecule has 1 aliphatic heterocycles. The third-order valence-electron chi connectivity index (χ3n) is 3.91. The van der Waals surface area contributed by atoms with Gasteiger partial charge in [-0.05, 0) is 25.0 Å². The molecule has 2 heterocycles. The summed E-state index contributed by atoms with van der Waals surface area (Å²) in [6, 6.07) is 5.07. The Balaban J connectivity index is 1.77. The number of fused-ring (bicyclic) bond motifs is 1. The average Bonchev–Trinajstić information content (AvgIpc) is 3.14. The van der Waals surface area contributed by atoms with Crippen LogP contribution in [0.15, 0.2) is 24.5 Å². The molecule has 1 N–H and O–H groups in total. The summed E-state index contributed by atoms with van der Waals surface area (Å²) in [5.74, 6) is -0.831. The number of para-hydroxylation sites is 1. The van der Waals surface area contributed by atoms with Gasteiger partial charge in [0.2, 0.25) is 5.91 Å². The number of benzene rings is 1. The molecule has 2 aromatic rings. The molecule has 1 saturated heterocycles. The van der Waals surface area contributed by atoms with Crippen molar-refractivity contribution < 1.29 is 14.7 Å². The van der Waals surface area contributed by atoms with Crippen molar-refractivity contribution >= 4 is 22.9 Å². The number of carbonyl (C=O) groups excluding carboxylic acids is 1. The van der Waals surface area contributed by atoms with E-state index in [-0.39, 0.29) is 11.5 Å². The molecule has 1 amide bonds. The smallest absolute Gasteiger partial charge is 0.337 e. The van der Waals surface area contributed by atoms with Gasteiger partial charge >= 0.3 is 5.97 Å². The zero-order valence-electron chi connectivity index (χ0n) is 11.7. The second-order valence-corrected chi connectivity index (χ2v) is 5.25. The lowest BCUT2D eigenvalue weighted by atomic mass is 10.2. The third-order valence-corrected chi connectivity index (χ3v) is 3.91. The molecule has 1 aliphatic rings. The Bertz CT molecular complexity index is 687. The van der Waals surface area contributed by atoms with Gasteiger partial charge in [0.25, 0.3) is 0 Å². The van der Waals surface area contributed by atoms with E-state index in [0.717, 1.165) is 31.4 Å². The molecule has 6 nitrogen and oxygen atoms in total. The van der Waals surface area contributed by atoms with Gasteiger partial charge in [-0.2, -0.15) is 0 Å². The number of carboxylic acids is 1. The number of hydrogen-bond acceptors (Lipinski definition) is 3. The standard InChI is InChI=1S/C15H17N3O3/c19-13(17-7-1-2-8-17)6-9-18-10-16-14-11(15(20)21)4-3-5-12(14)18/h3-5,10H,1-2,6-9H2,(H,20,21). The summed E-state index contributed by atoms with van der Waals surface area (Å²) in [7, 11) is 0. The first-order chi connectivity index (χ1) is 10.2. The molecule has 110 valence electrons. The minimum atomic E-state index is -0.987. The van der Waals surface area contributed by atoms with Crippen LogP contribution in [0.1, 0.15) is 29.6 Å². The van der Waals surface area contributed by atoms with Crippen molar-refractivity contribution in [3.05, 3.63) is 30.1 Å². The monoisotopic (exact) mass is 287 g/mol. The van der Waals surface area contributed by atoms with Crippen molar-refractivity contribution in [2.24, 2.45) is 0 Å². The average molecular weight is 287 g/mol. The van der Waals surface area contributed by atoms with E-state index in [2.05, 4.69) is 4.98 Å². The number of hydrogen-bond donors (Lipinski definition) is 1. The van der Waals surface area contributed by atoms with Crippen LogP contribution < -0.4 is 0 Å². The highest BCUT2D eigenvalue weighted by Gasteiger charge is 2.18. The molecule has 1 aromatic carbocycles. The first kappa shape index (κ1) is 13.6. The number of aromatic nitrogens is 2. The van der Waals surface area contributed by atoms with E-state index in [1.54, 1.807) is 12.4 Å². The number of carboxylic acid groups (broad SMARTS) is 1. The Morgan fingerprint density at radius 1 is 1.24 bits per heavy atom.